The van der Waals surface area contributed by atoms with E-state index in [4.69, 9.17) is 11.6 Å². The van der Waals surface area contributed by atoms with E-state index in [-0.39, 0.29) is 5.91 Å². The van der Waals surface area contributed by atoms with E-state index in [1.54, 1.807) is 54.6 Å². The van der Waals surface area contributed by atoms with Crippen LogP contribution < -0.4 is 10.2 Å². The van der Waals surface area contributed by atoms with Crippen molar-refractivity contribution in [2.24, 2.45) is 0 Å². The van der Waals surface area contributed by atoms with Crippen molar-refractivity contribution in [3.05, 3.63) is 94.0 Å². The fourth-order valence-corrected chi connectivity index (χ4v) is 3.26. The molecular formula is C22H15ClN2O3. The number of rotatable bonds is 3. The molecule has 0 unspecified atom stereocenters. The van der Waals surface area contributed by atoms with E-state index in [9.17, 15) is 14.4 Å². The highest BCUT2D eigenvalue weighted by atomic mass is 35.5. The summed E-state index contributed by atoms with van der Waals surface area (Å²) in [6.07, 6.45) is 0. The summed E-state index contributed by atoms with van der Waals surface area (Å²) in [4.78, 5) is 39.0. The molecule has 5 nitrogen and oxygen atoms in total. The molecule has 1 N–H and O–H groups in total. The molecule has 0 bridgehead atoms. The van der Waals surface area contributed by atoms with E-state index >= 15 is 0 Å². The van der Waals surface area contributed by atoms with Crippen molar-refractivity contribution in [2.75, 3.05) is 10.2 Å². The average molecular weight is 391 g/mol. The van der Waals surface area contributed by atoms with Gasteiger partial charge in [-0.15, -0.1) is 0 Å². The number of hydrogen-bond acceptors (Lipinski definition) is 3. The van der Waals surface area contributed by atoms with E-state index in [0.29, 0.717) is 33.1 Å². The van der Waals surface area contributed by atoms with Crippen LogP contribution in [0.5, 0.6) is 0 Å². The van der Waals surface area contributed by atoms with Crippen molar-refractivity contribution in [1.29, 1.82) is 0 Å². The van der Waals surface area contributed by atoms with E-state index in [2.05, 4.69) is 5.32 Å². The number of nitrogens with zero attached hydrogens (tertiary/aromatic N) is 1. The maximum atomic E-state index is 12.6. The molecule has 4 rings (SSSR count). The number of nitrogens with one attached hydrogen (secondary N) is 1. The number of halogens is 1. The van der Waals surface area contributed by atoms with Crippen LogP contribution in [0.15, 0.2) is 66.7 Å². The molecule has 0 saturated heterocycles. The first-order valence-corrected chi connectivity index (χ1v) is 8.99. The summed E-state index contributed by atoms with van der Waals surface area (Å²) < 4.78 is 0. The van der Waals surface area contributed by atoms with Crippen LogP contribution in [0.3, 0.4) is 0 Å². The molecule has 1 aliphatic heterocycles. The average Bonchev–Trinajstić information content (AvgIpc) is 2.96. The van der Waals surface area contributed by atoms with Gasteiger partial charge >= 0.3 is 0 Å². The molecule has 28 heavy (non-hydrogen) atoms. The Balaban J connectivity index is 1.62. The largest absolute Gasteiger partial charge is 0.322 e. The molecule has 1 aliphatic rings. The second-order valence-corrected chi connectivity index (χ2v) is 6.87. The van der Waals surface area contributed by atoms with Gasteiger partial charge < -0.3 is 5.32 Å². The van der Waals surface area contributed by atoms with Crippen LogP contribution in [0.25, 0.3) is 0 Å². The first kappa shape index (κ1) is 17.9. The Labute approximate surface area is 166 Å². The minimum absolute atomic E-state index is 0.325. The standard InChI is InChI=1S/C22H15ClN2O3/c1-13-9-10-15(12-19(13)23)24-20(26)14-5-4-6-16(11-14)25-21(27)17-7-2-3-8-18(17)22(25)28/h2-12H,1H3,(H,24,26). The highest BCUT2D eigenvalue weighted by Gasteiger charge is 2.36. The summed E-state index contributed by atoms with van der Waals surface area (Å²) in [7, 11) is 0. The Morgan fingerprint density at radius 2 is 1.57 bits per heavy atom. The van der Waals surface area contributed by atoms with Crippen molar-refractivity contribution in [3.8, 4) is 0 Å². The van der Waals surface area contributed by atoms with E-state index in [1.807, 2.05) is 13.0 Å². The summed E-state index contributed by atoms with van der Waals surface area (Å²) in [5.74, 6) is -1.16. The number of imide groups is 1. The summed E-state index contributed by atoms with van der Waals surface area (Å²) in [5.41, 5.74) is 2.86. The second kappa shape index (κ2) is 6.94. The topological polar surface area (TPSA) is 66.5 Å². The molecule has 0 spiro atoms. The number of benzene rings is 3. The summed E-state index contributed by atoms with van der Waals surface area (Å²) in [6, 6.07) is 18.3. The number of aryl methyl sites for hydroxylation is 1. The normalized spacial score (nSPS) is 12.9. The fraction of sp³-hybridized carbons (Fsp3) is 0.0455. The molecule has 0 radical (unpaired) electrons. The van der Waals surface area contributed by atoms with Crippen molar-refractivity contribution >= 4 is 40.7 Å². The van der Waals surface area contributed by atoms with Crippen molar-refractivity contribution < 1.29 is 14.4 Å². The molecule has 0 atom stereocenters. The maximum absolute atomic E-state index is 12.6. The van der Waals surface area contributed by atoms with Crippen molar-refractivity contribution in [1.82, 2.24) is 0 Å². The predicted molar refractivity (Wildman–Crippen MR) is 108 cm³/mol. The number of fused-ring (bicyclic) bond motifs is 1. The number of hydrogen-bond donors (Lipinski definition) is 1. The summed E-state index contributed by atoms with van der Waals surface area (Å²) in [6.45, 7) is 1.87. The zero-order valence-corrected chi connectivity index (χ0v) is 15.7. The van der Waals surface area contributed by atoms with Crippen LogP contribution in [-0.4, -0.2) is 17.7 Å². The Morgan fingerprint density at radius 1 is 0.893 bits per heavy atom. The Hall–Kier alpha value is -3.44. The molecule has 1 heterocycles. The smallest absolute Gasteiger partial charge is 0.266 e. The Morgan fingerprint density at radius 3 is 2.21 bits per heavy atom. The van der Waals surface area contributed by atoms with Gasteiger partial charge in [0.05, 0.1) is 16.8 Å². The van der Waals surface area contributed by atoms with Crippen LogP contribution in [0.4, 0.5) is 11.4 Å². The Bertz CT molecular complexity index is 1110. The van der Waals surface area contributed by atoms with Gasteiger partial charge in [0.1, 0.15) is 0 Å². The molecule has 0 saturated carbocycles. The van der Waals surface area contributed by atoms with Crippen LogP contribution in [0.2, 0.25) is 5.02 Å². The third-order valence-corrected chi connectivity index (χ3v) is 5.00. The zero-order valence-electron chi connectivity index (χ0n) is 14.9. The lowest BCUT2D eigenvalue weighted by molar-refractivity contribution is 0.0924. The van der Waals surface area contributed by atoms with Crippen LogP contribution in [0.1, 0.15) is 36.6 Å². The van der Waals surface area contributed by atoms with Gasteiger partial charge in [-0.2, -0.15) is 0 Å². The van der Waals surface area contributed by atoms with Gasteiger partial charge in [-0.3, -0.25) is 14.4 Å². The zero-order chi connectivity index (χ0) is 19.8. The second-order valence-electron chi connectivity index (χ2n) is 6.46. The molecular weight excluding hydrogens is 376 g/mol. The van der Waals surface area contributed by atoms with Gasteiger partial charge in [0.25, 0.3) is 17.7 Å². The molecule has 6 heteroatoms. The molecule has 3 amide bonds. The lowest BCUT2D eigenvalue weighted by atomic mass is 10.1. The number of amides is 3. The molecule has 138 valence electrons. The molecule has 0 fully saturated rings. The van der Waals surface area contributed by atoms with Gasteiger partial charge in [0, 0.05) is 16.3 Å². The SMILES string of the molecule is Cc1ccc(NC(=O)c2cccc(N3C(=O)c4ccccc4C3=O)c2)cc1Cl. The van der Waals surface area contributed by atoms with Crippen molar-refractivity contribution in [2.45, 2.75) is 6.92 Å². The first-order valence-electron chi connectivity index (χ1n) is 8.61. The van der Waals surface area contributed by atoms with Crippen LogP contribution in [-0.2, 0) is 0 Å². The van der Waals surface area contributed by atoms with Gasteiger partial charge in [0.15, 0.2) is 0 Å². The molecule has 3 aromatic rings. The van der Waals surface area contributed by atoms with E-state index in [1.165, 1.54) is 6.07 Å². The fourth-order valence-electron chi connectivity index (χ4n) is 3.08. The number of carbonyl (C=O) groups excluding carboxylic acids is 3. The third kappa shape index (κ3) is 3.06. The Kier molecular flexibility index (Phi) is 4.45. The van der Waals surface area contributed by atoms with Gasteiger partial charge in [0.2, 0.25) is 0 Å². The lowest BCUT2D eigenvalue weighted by Gasteiger charge is -2.15. The summed E-state index contributed by atoms with van der Waals surface area (Å²) >= 11 is 6.10. The minimum atomic E-state index is -0.400. The molecule has 0 aromatic heterocycles. The third-order valence-electron chi connectivity index (χ3n) is 4.59. The van der Waals surface area contributed by atoms with Crippen LogP contribution in [0, 0.1) is 6.92 Å². The monoisotopic (exact) mass is 390 g/mol. The number of carbonyl (C=O) groups is 3. The molecule has 3 aromatic carbocycles. The van der Waals surface area contributed by atoms with Crippen molar-refractivity contribution in [3.63, 3.8) is 0 Å². The number of anilines is 2. The summed E-state index contributed by atoms with van der Waals surface area (Å²) in [5, 5.41) is 3.33. The quantitative estimate of drug-likeness (QED) is 0.659. The van der Waals surface area contributed by atoms with Gasteiger partial charge in [-0.05, 0) is 55.0 Å². The maximum Gasteiger partial charge on any atom is 0.266 e. The minimum Gasteiger partial charge on any atom is -0.322 e. The van der Waals surface area contributed by atoms with Gasteiger partial charge in [-0.1, -0.05) is 35.9 Å². The molecule has 0 aliphatic carbocycles. The van der Waals surface area contributed by atoms with Crippen LogP contribution >= 0.6 is 11.6 Å². The van der Waals surface area contributed by atoms with E-state index < -0.39 is 11.8 Å². The first-order chi connectivity index (χ1) is 13.5. The highest BCUT2D eigenvalue weighted by Crippen LogP contribution is 2.29. The lowest BCUT2D eigenvalue weighted by Crippen LogP contribution is -2.29. The van der Waals surface area contributed by atoms with Gasteiger partial charge in [-0.25, -0.2) is 4.90 Å². The highest BCUT2D eigenvalue weighted by molar-refractivity contribution is 6.34. The van der Waals surface area contributed by atoms with E-state index in [0.717, 1.165) is 10.5 Å². The predicted octanol–water partition coefficient (Wildman–Crippen LogP) is 4.70.